The summed E-state index contributed by atoms with van der Waals surface area (Å²) in [6.07, 6.45) is 9.89. The number of nitrogens with one attached hydrogen (secondary N) is 1. The number of rotatable bonds is 3. The zero-order valence-corrected chi connectivity index (χ0v) is 12.6. The first-order chi connectivity index (χ1) is 8.68. The first-order valence-corrected chi connectivity index (χ1v) is 8.11. The molecule has 106 valence electrons. The van der Waals surface area contributed by atoms with Crippen LogP contribution in [0.3, 0.4) is 0 Å². The van der Waals surface area contributed by atoms with Crippen LogP contribution in [-0.2, 0) is 0 Å². The van der Waals surface area contributed by atoms with E-state index in [1.165, 1.54) is 58.0 Å². The van der Waals surface area contributed by atoms with E-state index in [0.717, 1.165) is 23.9 Å². The summed E-state index contributed by atoms with van der Waals surface area (Å²) >= 11 is 0. The molecule has 1 saturated heterocycles. The minimum Gasteiger partial charge on any atom is -0.317 e. The quantitative estimate of drug-likeness (QED) is 0.829. The Kier molecular flexibility index (Phi) is 5.50. The van der Waals surface area contributed by atoms with Crippen molar-refractivity contribution < 1.29 is 0 Å². The topological polar surface area (TPSA) is 15.3 Å². The second kappa shape index (κ2) is 6.91. The molecule has 2 heteroatoms. The SMILES string of the molecule is CC(C)C1CCCC(N(C)C2CCCNCC2)C1. The van der Waals surface area contributed by atoms with Gasteiger partial charge in [-0.3, -0.25) is 0 Å². The average Bonchev–Trinajstić information content (AvgIpc) is 2.67. The Morgan fingerprint density at radius 1 is 0.944 bits per heavy atom. The molecule has 0 radical (unpaired) electrons. The Morgan fingerprint density at radius 3 is 2.50 bits per heavy atom. The summed E-state index contributed by atoms with van der Waals surface area (Å²) in [6.45, 7) is 7.25. The van der Waals surface area contributed by atoms with Gasteiger partial charge in [0.15, 0.2) is 0 Å². The van der Waals surface area contributed by atoms with Gasteiger partial charge < -0.3 is 10.2 Å². The second-order valence-corrected chi connectivity index (χ2v) is 6.82. The van der Waals surface area contributed by atoms with Crippen LogP contribution in [0.15, 0.2) is 0 Å². The van der Waals surface area contributed by atoms with E-state index < -0.39 is 0 Å². The predicted octanol–water partition coefficient (Wildman–Crippen LogP) is 3.28. The standard InChI is InChI=1S/C16H32N2/c1-13(2)14-6-4-7-16(12-14)18(3)15-8-5-10-17-11-9-15/h13-17H,4-12H2,1-3H3. The largest absolute Gasteiger partial charge is 0.317 e. The van der Waals surface area contributed by atoms with Gasteiger partial charge in [0.1, 0.15) is 0 Å². The maximum atomic E-state index is 3.54. The third-order valence-electron chi connectivity index (χ3n) is 5.33. The Hall–Kier alpha value is -0.0800. The van der Waals surface area contributed by atoms with Crippen molar-refractivity contribution in [1.82, 2.24) is 10.2 Å². The van der Waals surface area contributed by atoms with E-state index in [4.69, 9.17) is 0 Å². The van der Waals surface area contributed by atoms with Crippen molar-refractivity contribution >= 4 is 0 Å². The molecule has 1 N–H and O–H groups in total. The first-order valence-electron chi connectivity index (χ1n) is 8.11. The van der Waals surface area contributed by atoms with Crippen molar-refractivity contribution in [3.8, 4) is 0 Å². The summed E-state index contributed by atoms with van der Waals surface area (Å²) < 4.78 is 0. The van der Waals surface area contributed by atoms with Crippen LogP contribution in [0.25, 0.3) is 0 Å². The molecule has 0 aromatic carbocycles. The van der Waals surface area contributed by atoms with Crippen LogP contribution in [0.2, 0.25) is 0 Å². The monoisotopic (exact) mass is 252 g/mol. The maximum absolute atomic E-state index is 3.54. The number of hydrogen-bond acceptors (Lipinski definition) is 2. The lowest BCUT2D eigenvalue weighted by Crippen LogP contribution is -2.43. The fourth-order valence-electron chi connectivity index (χ4n) is 3.88. The van der Waals surface area contributed by atoms with E-state index >= 15 is 0 Å². The normalized spacial score (nSPS) is 34.8. The van der Waals surface area contributed by atoms with E-state index in [1.54, 1.807) is 0 Å². The number of hydrogen-bond donors (Lipinski definition) is 1. The smallest absolute Gasteiger partial charge is 0.0108 e. The lowest BCUT2D eigenvalue weighted by Gasteiger charge is -2.40. The molecule has 0 aromatic rings. The third-order valence-corrected chi connectivity index (χ3v) is 5.33. The van der Waals surface area contributed by atoms with Gasteiger partial charge in [0.05, 0.1) is 0 Å². The zero-order valence-electron chi connectivity index (χ0n) is 12.6. The summed E-state index contributed by atoms with van der Waals surface area (Å²) in [6, 6.07) is 1.69. The Labute approximate surface area is 114 Å². The molecular formula is C16H32N2. The molecule has 3 unspecified atom stereocenters. The molecule has 2 fully saturated rings. The molecule has 1 heterocycles. The van der Waals surface area contributed by atoms with Gasteiger partial charge >= 0.3 is 0 Å². The highest BCUT2D eigenvalue weighted by Crippen LogP contribution is 2.33. The van der Waals surface area contributed by atoms with Crippen molar-refractivity contribution in [2.24, 2.45) is 11.8 Å². The highest BCUT2D eigenvalue weighted by molar-refractivity contribution is 4.85. The summed E-state index contributed by atoms with van der Waals surface area (Å²) in [5.41, 5.74) is 0. The van der Waals surface area contributed by atoms with Crippen molar-refractivity contribution in [2.45, 2.75) is 70.9 Å². The summed E-state index contributed by atoms with van der Waals surface area (Å²) in [4.78, 5) is 2.74. The van der Waals surface area contributed by atoms with Gasteiger partial charge in [0.25, 0.3) is 0 Å². The predicted molar refractivity (Wildman–Crippen MR) is 78.9 cm³/mol. The summed E-state index contributed by atoms with van der Waals surface area (Å²) in [7, 11) is 2.39. The van der Waals surface area contributed by atoms with Crippen LogP contribution < -0.4 is 5.32 Å². The van der Waals surface area contributed by atoms with E-state index in [1.807, 2.05) is 0 Å². The maximum Gasteiger partial charge on any atom is 0.0108 e. The van der Waals surface area contributed by atoms with Gasteiger partial charge in [-0.05, 0) is 64.1 Å². The average molecular weight is 252 g/mol. The summed E-state index contributed by atoms with van der Waals surface area (Å²) in [5.74, 6) is 1.84. The fraction of sp³-hybridized carbons (Fsp3) is 1.00. The van der Waals surface area contributed by atoms with Gasteiger partial charge in [-0.15, -0.1) is 0 Å². The van der Waals surface area contributed by atoms with Crippen LogP contribution in [-0.4, -0.2) is 37.1 Å². The van der Waals surface area contributed by atoms with Crippen LogP contribution in [0, 0.1) is 11.8 Å². The minimum atomic E-state index is 0.830. The van der Waals surface area contributed by atoms with Crippen molar-refractivity contribution in [3.05, 3.63) is 0 Å². The molecule has 1 saturated carbocycles. The molecule has 0 spiro atoms. The molecule has 3 atom stereocenters. The molecule has 2 aliphatic rings. The Balaban J connectivity index is 1.88. The molecule has 0 amide bonds. The molecular weight excluding hydrogens is 220 g/mol. The highest BCUT2D eigenvalue weighted by atomic mass is 15.2. The lowest BCUT2D eigenvalue weighted by atomic mass is 9.78. The van der Waals surface area contributed by atoms with Crippen LogP contribution in [0.1, 0.15) is 58.8 Å². The third kappa shape index (κ3) is 3.71. The Bertz CT molecular complexity index is 231. The summed E-state index contributed by atoms with van der Waals surface area (Å²) in [5, 5.41) is 3.54. The second-order valence-electron chi connectivity index (χ2n) is 6.82. The van der Waals surface area contributed by atoms with E-state index in [0.29, 0.717) is 0 Å². The van der Waals surface area contributed by atoms with E-state index in [9.17, 15) is 0 Å². The molecule has 0 bridgehead atoms. The van der Waals surface area contributed by atoms with Gasteiger partial charge in [-0.25, -0.2) is 0 Å². The van der Waals surface area contributed by atoms with E-state index in [2.05, 4.69) is 31.1 Å². The lowest BCUT2D eigenvalue weighted by molar-refractivity contribution is 0.0940. The van der Waals surface area contributed by atoms with Gasteiger partial charge in [0, 0.05) is 12.1 Å². The molecule has 2 rings (SSSR count). The molecule has 0 aromatic heterocycles. The van der Waals surface area contributed by atoms with Crippen molar-refractivity contribution in [2.75, 3.05) is 20.1 Å². The van der Waals surface area contributed by atoms with E-state index in [-0.39, 0.29) is 0 Å². The van der Waals surface area contributed by atoms with Crippen LogP contribution in [0.5, 0.6) is 0 Å². The van der Waals surface area contributed by atoms with Gasteiger partial charge in [0.2, 0.25) is 0 Å². The van der Waals surface area contributed by atoms with Gasteiger partial charge in [-0.1, -0.05) is 26.7 Å². The Morgan fingerprint density at radius 2 is 1.72 bits per heavy atom. The van der Waals surface area contributed by atoms with Crippen molar-refractivity contribution in [1.29, 1.82) is 0 Å². The minimum absolute atomic E-state index is 0.830. The number of nitrogens with zero attached hydrogens (tertiary/aromatic N) is 1. The van der Waals surface area contributed by atoms with Crippen LogP contribution in [0.4, 0.5) is 0 Å². The van der Waals surface area contributed by atoms with Gasteiger partial charge in [-0.2, -0.15) is 0 Å². The first kappa shape index (κ1) is 14.3. The molecule has 1 aliphatic carbocycles. The molecule has 1 aliphatic heterocycles. The molecule has 2 nitrogen and oxygen atoms in total. The molecule has 18 heavy (non-hydrogen) atoms. The highest BCUT2D eigenvalue weighted by Gasteiger charge is 2.29. The fourth-order valence-corrected chi connectivity index (χ4v) is 3.88. The van der Waals surface area contributed by atoms with Crippen LogP contribution >= 0.6 is 0 Å². The zero-order chi connectivity index (χ0) is 13.0. The van der Waals surface area contributed by atoms with Crippen molar-refractivity contribution in [3.63, 3.8) is 0 Å².